The van der Waals surface area contributed by atoms with E-state index >= 15 is 0 Å². The SMILES string of the molecule is CCOc1ccc(C(=O)NC(C(=O)NC(C)CCN2CCN(c3cccc(C)c3)CC2)C(C)C)cc1. The lowest BCUT2D eigenvalue weighted by Gasteiger charge is -2.36. The molecular formula is C29H42N4O3. The number of benzene rings is 2. The van der Waals surface area contributed by atoms with Crippen LogP contribution in [0.4, 0.5) is 5.69 Å². The van der Waals surface area contributed by atoms with Crippen LogP contribution < -0.4 is 20.3 Å². The fourth-order valence-corrected chi connectivity index (χ4v) is 4.46. The molecule has 196 valence electrons. The Morgan fingerprint density at radius 1 is 0.972 bits per heavy atom. The van der Waals surface area contributed by atoms with E-state index in [-0.39, 0.29) is 23.8 Å². The molecule has 0 aliphatic carbocycles. The Labute approximate surface area is 216 Å². The number of piperazine rings is 1. The molecular weight excluding hydrogens is 452 g/mol. The van der Waals surface area contributed by atoms with E-state index in [1.165, 1.54) is 11.3 Å². The van der Waals surface area contributed by atoms with E-state index in [1.54, 1.807) is 24.3 Å². The summed E-state index contributed by atoms with van der Waals surface area (Å²) < 4.78 is 5.44. The third-order valence-corrected chi connectivity index (χ3v) is 6.67. The van der Waals surface area contributed by atoms with Gasteiger partial charge in [0.1, 0.15) is 11.8 Å². The van der Waals surface area contributed by atoms with Crippen molar-refractivity contribution in [3.05, 3.63) is 59.7 Å². The van der Waals surface area contributed by atoms with E-state index in [2.05, 4.69) is 51.6 Å². The molecule has 2 unspecified atom stereocenters. The lowest BCUT2D eigenvalue weighted by Crippen LogP contribution is -2.52. The summed E-state index contributed by atoms with van der Waals surface area (Å²) in [6.45, 7) is 15.5. The number of nitrogens with one attached hydrogen (secondary N) is 2. The number of anilines is 1. The number of carbonyl (C=O) groups is 2. The van der Waals surface area contributed by atoms with Crippen LogP contribution in [0.15, 0.2) is 48.5 Å². The van der Waals surface area contributed by atoms with Gasteiger partial charge in [-0.1, -0.05) is 26.0 Å². The summed E-state index contributed by atoms with van der Waals surface area (Å²) in [5.41, 5.74) is 3.09. The zero-order chi connectivity index (χ0) is 26.1. The molecule has 0 aromatic heterocycles. The predicted octanol–water partition coefficient (Wildman–Crippen LogP) is 3.87. The van der Waals surface area contributed by atoms with Gasteiger partial charge in [0.05, 0.1) is 6.61 Å². The van der Waals surface area contributed by atoms with Crippen LogP contribution in [0.1, 0.15) is 50.0 Å². The normalized spacial score (nSPS) is 15.9. The van der Waals surface area contributed by atoms with Crippen LogP contribution in [0.25, 0.3) is 0 Å². The minimum atomic E-state index is -0.593. The highest BCUT2D eigenvalue weighted by Crippen LogP contribution is 2.18. The van der Waals surface area contributed by atoms with Crippen molar-refractivity contribution < 1.29 is 14.3 Å². The van der Waals surface area contributed by atoms with Crippen LogP contribution in [-0.2, 0) is 4.79 Å². The molecule has 7 nitrogen and oxygen atoms in total. The Balaban J connectivity index is 1.44. The van der Waals surface area contributed by atoms with Gasteiger partial charge in [-0.15, -0.1) is 0 Å². The van der Waals surface area contributed by atoms with Gasteiger partial charge in [-0.25, -0.2) is 0 Å². The number of amides is 2. The second-order valence-electron chi connectivity index (χ2n) is 10.0. The molecule has 1 fully saturated rings. The van der Waals surface area contributed by atoms with Gasteiger partial charge in [0.15, 0.2) is 0 Å². The van der Waals surface area contributed by atoms with Gasteiger partial charge in [0.25, 0.3) is 5.91 Å². The van der Waals surface area contributed by atoms with Crippen LogP contribution in [0, 0.1) is 12.8 Å². The van der Waals surface area contributed by atoms with Crippen molar-refractivity contribution in [2.24, 2.45) is 5.92 Å². The van der Waals surface area contributed by atoms with Crippen LogP contribution >= 0.6 is 0 Å². The first-order chi connectivity index (χ1) is 17.3. The maximum Gasteiger partial charge on any atom is 0.251 e. The van der Waals surface area contributed by atoms with Gasteiger partial charge >= 0.3 is 0 Å². The highest BCUT2D eigenvalue weighted by molar-refractivity contribution is 5.97. The van der Waals surface area contributed by atoms with Crippen LogP contribution in [0.3, 0.4) is 0 Å². The maximum absolute atomic E-state index is 13.0. The van der Waals surface area contributed by atoms with Gasteiger partial charge in [0.2, 0.25) is 5.91 Å². The van der Waals surface area contributed by atoms with Crippen molar-refractivity contribution >= 4 is 17.5 Å². The number of aryl methyl sites for hydroxylation is 1. The molecule has 0 bridgehead atoms. The minimum absolute atomic E-state index is 0.0240. The summed E-state index contributed by atoms with van der Waals surface area (Å²) in [6, 6.07) is 15.1. The topological polar surface area (TPSA) is 73.9 Å². The number of ether oxygens (including phenoxy) is 1. The van der Waals surface area contributed by atoms with Gasteiger partial charge < -0.3 is 20.3 Å². The first kappa shape index (κ1) is 27.5. The van der Waals surface area contributed by atoms with Crippen LogP contribution in [0.5, 0.6) is 5.75 Å². The summed E-state index contributed by atoms with van der Waals surface area (Å²) >= 11 is 0. The van der Waals surface area contributed by atoms with Crippen molar-refractivity contribution in [3.8, 4) is 5.75 Å². The van der Waals surface area contributed by atoms with E-state index in [1.807, 2.05) is 27.7 Å². The largest absolute Gasteiger partial charge is 0.494 e. The molecule has 1 saturated heterocycles. The zero-order valence-corrected chi connectivity index (χ0v) is 22.4. The molecule has 1 aliphatic rings. The van der Waals surface area contributed by atoms with Crippen molar-refractivity contribution in [2.75, 3.05) is 44.2 Å². The summed E-state index contributed by atoms with van der Waals surface area (Å²) in [6.07, 6.45) is 0.869. The van der Waals surface area contributed by atoms with Gasteiger partial charge in [-0.05, 0) is 75.1 Å². The fraction of sp³-hybridized carbons (Fsp3) is 0.517. The maximum atomic E-state index is 13.0. The Bertz CT molecular complexity index is 984. The second-order valence-corrected chi connectivity index (χ2v) is 10.0. The minimum Gasteiger partial charge on any atom is -0.494 e. The Morgan fingerprint density at radius 2 is 1.67 bits per heavy atom. The molecule has 1 heterocycles. The van der Waals surface area contributed by atoms with Crippen molar-refractivity contribution in [1.29, 1.82) is 0 Å². The molecule has 3 rings (SSSR count). The Hall–Kier alpha value is -3.06. The third kappa shape index (κ3) is 7.98. The van der Waals surface area contributed by atoms with E-state index < -0.39 is 6.04 Å². The van der Waals surface area contributed by atoms with Gasteiger partial charge in [0, 0.05) is 50.0 Å². The van der Waals surface area contributed by atoms with Gasteiger partial charge in [-0.2, -0.15) is 0 Å². The summed E-state index contributed by atoms with van der Waals surface area (Å²) in [7, 11) is 0. The number of nitrogens with zero attached hydrogens (tertiary/aromatic N) is 2. The molecule has 36 heavy (non-hydrogen) atoms. The van der Waals surface area contributed by atoms with Crippen molar-refractivity contribution in [2.45, 2.75) is 53.1 Å². The average Bonchev–Trinajstić information content (AvgIpc) is 2.86. The molecule has 2 aromatic rings. The zero-order valence-electron chi connectivity index (χ0n) is 22.4. The number of hydrogen-bond donors (Lipinski definition) is 2. The first-order valence-corrected chi connectivity index (χ1v) is 13.1. The van der Waals surface area contributed by atoms with Crippen LogP contribution in [0.2, 0.25) is 0 Å². The first-order valence-electron chi connectivity index (χ1n) is 13.1. The van der Waals surface area contributed by atoms with Gasteiger partial charge in [-0.3, -0.25) is 14.5 Å². The summed E-state index contributed by atoms with van der Waals surface area (Å²) in [4.78, 5) is 30.7. The Kier molecular flexibility index (Phi) is 10.2. The van der Waals surface area contributed by atoms with Crippen LogP contribution in [-0.4, -0.2) is 68.1 Å². The van der Waals surface area contributed by atoms with E-state index in [4.69, 9.17) is 4.74 Å². The molecule has 0 saturated carbocycles. The standard InChI is InChI=1S/C29H42N4O3/c1-6-36-26-12-10-24(11-13-26)28(34)31-27(21(2)3)29(35)30-23(5)14-15-32-16-18-33(19-17-32)25-9-7-8-22(4)20-25/h7-13,20-21,23,27H,6,14-19H2,1-5H3,(H,30,35)(H,31,34). The highest BCUT2D eigenvalue weighted by Gasteiger charge is 2.26. The lowest BCUT2D eigenvalue weighted by molar-refractivity contribution is -0.124. The number of hydrogen-bond acceptors (Lipinski definition) is 5. The number of carbonyl (C=O) groups excluding carboxylic acids is 2. The summed E-state index contributed by atoms with van der Waals surface area (Å²) in [5, 5.41) is 6.03. The quantitative estimate of drug-likeness (QED) is 0.496. The third-order valence-electron chi connectivity index (χ3n) is 6.67. The Morgan fingerprint density at radius 3 is 2.28 bits per heavy atom. The molecule has 0 radical (unpaired) electrons. The predicted molar refractivity (Wildman–Crippen MR) is 146 cm³/mol. The average molecular weight is 495 g/mol. The molecule has 2 atom stereocenters. The van der Waals surface area contributed by atoms with Crippen molar-refractivity contribution in [3.63, 3.8) is 0 Å². The molecule has 0 spiro atoms. The monoisotopic (exact) mass is 494 g/mol. The molecule has 2 N–H and O–H groups in total. The molecule has 7 heteroatoms. The van der Waals surface area contributed by atoms with E-state index in [0.717, 1.165) is 44.9 Å². The van der Waals surface area contributed by atoms with Crippen molar-refractivity contribution in [1.82, 2.24) is 15.5 Å². The number of rotatable bonds is 11. The highest BCUT2D eigenvalue weighted by atomic mass is 16.5. The second kappa shape index (κ2) is 13.3. The smallest absolute Gasteiger partial charge is 0.251 e. The molecule has 2 amide bonds. The van der Waals surface area contributed by atoms with E-state index in [0.29, 0.717) is 12.2 Å². The molecule has 1 aliphatic heterocycles. The van der Waals surface area contributed by atoms with E-state index in [9.17, 15) is 9.59 Å². The summed E-state index contributed by atoms with van der Waals surface area (Å²) in [5.74, 6) is 0.295. The fourth-order valence-electron chi connectivity index (χ4n) is 4.46. The molecule has 2 aromatic carbocycles. The lowest BCUT2D eigenvalue weighted by atomic mass is 10.0.